The second kappa shape index (κ2) is 3.89. The summed E-state index contributed by atoms with van der Waals surface area (Å²) in [5, 5.41) is 1.92. The van der Waals surface area contributed by atoms with Gasteiger partial charge >= 0.3 is 0 Å². The number of fused-ring (bicyclic) bond motifs is 1. The van der Waals surface area contributed by atoms with Crippen molar-refractivity contribution in [2.75, 3.05) is 20.0 Å². The van der Waals surface area contributed by atoms with E-state index in [0.717, 1.165) is 16.5 Å². The maximum Gasteiger partial charge on any atom is 0.184 e. The summed E-state index contributed by atoms with van der Waals surface area (Å²) in [6, 6.07) is 3.77. The first-order chi connectivity index (χ1) is 7.69. The second-order valence-electron chi connectivity index (χ2n) is 3.52. The van der Waals surface area contributed by atoms with Gasteiger partial charge in [-0.3, -0.25) is 4.98 Å². The fraction of sp³-hybridized carbons (Fsp3) is 0.250. The van der Waals surface area contributed by atoms with Crippen molar-refractivity contribution in [3.8, 4) is 11.5 Å². The van der Waals surface area contributed by atoms with Crippen molar-refractivity contribution in [1.29, 1.82) is 0 Å². The van der Waals surface area contributed by atoms with E-state index in [1.54, 1.807) is 20.4 Å². The van der Waals surface area contributed by atoms with Crippen molar-refractivity contribution in [2.24, 2.45) is 0 Å². The summed E-state index contributed by atoms with van der Waals surface area (Å²) < 4.78 is 10.5. The molecule has 0 atom stereocenters. The molecular formula is C12H14N2O2. The summed E-state index contributed by atoms with van der Waals surface area (Å²) in [6.45, 7) is 1.94. The lowest BCUT2D eigenvalue weighted by molar-refractivity contribution is 0.357. The SMILES string of the molecule is COc1cc2c(C)nccc2c(N)c1OC. The van der Waals surface area contributed by atoms with Crippen LogP contribution in [0.1, 0.15) is 5.69 Å². The number of nitrogens with zero attached hydrogens (tertiary/aromatic N) is 1. The minimum atomic E-state index is 0.570. The number of pyridine rings is 1. The normalized spacial score (nSPS) is 10.4. The van der Waals surface area contributed by atoms with Crippen LogP contribution in [0.2, 0.25) is 0 Å². The molecule has 0 aliphatic carbocycles. The predicted molar refractivity (Wildman–Crippen MR) is 64.0 cm³/mol. The Labute approximate surface area is 94.0 Å². The van der Waals surface area contributed by atoms with Gasteiger partial charge in [-0.2, -0.15) is 0 Å². The standard InChI is InChI=1S/C12H14N2O2/c1-7-9-6-10(15-2)12(16-3)11(13)8(9)4-5-14-7/h4-6H,13H2,1-3H3. The van der Waals surface area contributed by atoms with E-state index in [9.17, 15) is 0 Å². The zero-order chi connectivity index (χ0) is 11.7. The van der Waals surface area contributed by atoms with Crippen LogP contribution in [-0.4, -0.2) is 19.2 Å². The molecule has 0 saturated heterocycles. The molecule has 84 valence electrons. The lowest BCUT2D eigenvalue weighted by Crippen LogP contribution is -1.98. The van der Waals surface area contributed by atoms with Crippen LogP contribution in [0.4, 0.5) is 5.69 Å². The molecule has 2 N–H and O–H groups in total. The number of aromatic nitrogens is 1. The number of aryl methyl sites for hydroxylation is 1. The minimum Gasteiger partial charge on any atom is -0.493 e. The van der Waals surface area contributed by atoms with E-state index in [2.05, 4.69) is 4.98 Å². The van der Waals surface area contributed by atoms with Gasteiger partial charge < -0.3 is 15.2 Å². The zero-order valence-corrected chi connectivity index (χ0v) is 9.57. The van der Waals surface area contributed by atoms with Crippen molar-refractivity contribution in [3.63, 3.8) is 0 Å². The van der Waals surface area contributed by atoms with E-state index in [0.29, 0.717) is 17.2 Å². The Morgan fingerprint density at radius 1 is 1.19 bits per heavy atom. The fourth-order valence-electron chi connectivity index (χ4n) is 1.81. The quantitative estimate of drug-likeness (QED) is 0.784. The highest BCUT2D eigenvalue weighted by Gasteiger charge is 2.13. The topological polar surface area (TPSA) is 57.4 Å². The van der Waals surface area contributed by atoms with E-state index in [1.165, 1.54) is 0 Å². The van der Waals surface area contributed by atoms with Gasteiger partial charge in [-0.1, -0.05) is 0 Å². The molecule has 16 heavy (non-hydrogen) atoms. The number of hydrogen-bond donors (Lipinski definition) is 1. The number of nitrogens with two attached hydrogens (primary N) is 1. The predicted octanol–water partition coefficient (Wildman–Crippen LogP) is 2.14. The number of hydrogen-bond acceptors (Lipinski definition) is 4. The number of ether oxygens (including phenoxy) is 2. The lowest BCUT2D eigenvalue weighted by atomic mass is 10.1. The van der Waals surface area contributed by atoms with Crippen LogP contribution in [-0.2, 0) is 0 Å². The maximum absolute atomic E-state index is 6.04. The van der Waals surface area contributed by atoms with Crippen LogP contribution < -0.4 is 15.2 Å². The second-order valence-corrected chi connectivity index (χ2v) is 3.52. The third kappa shape index (κ3) is 1.43. The number of nitrogen functional groups attached to an aromatic ring is 1. The summed E-state index contributed by atoms with van der Waals surface area (Å²) >= 11 is 0. The van der Waals surface area contributed by atoms with Crippen LogP contribution in [0.15, 0.2) is 18.3 Å². The molecule has 0 aliphatic rings. The molecule has 1 aromatic heterocycles. The first-order valence-electron chi connectivity index (χ1n) is 4.94. The number of anilines is 1. The van der Waals surface area contributed by atoms with Gasteiger partial charge in [0, 0.05) is 22.7 Å². The molecule has 4 nitrogen and oxygen atoms in total. The first-order valence-corrected chi connectivity index (χ1v) is 4.94. The van der Waals surface area contributed by atoms with Crippen molar-refractivity contribution in [1.82, 2.24) is 4.98 Å². The largest absolute Gasteiger partial charge is 0.493 e. The van der Waals surface area contributed by atoms with Gasteiger partial charge in [0.05, 0.1) is 19.9 Å². The highest BCUT2D eigenvalue weighted by atomic mass is 16.5. The summed E-state index contributed by atoms with van der Waals surface area (Å²) in [5.41, 5.74) is 7.55. The van der Waals surface area contributed by atoms with Gasteiger partial charge in [-0.25, -0.2) is 0 Å². The van der Waals surface area contributed by atoms with Crippen molar-refractivity contribution >= 4 is 16.5 Å². The minimum absolute atomic E-state index is 0.570. The average Bonchev–Trinajstić information content (AvgIpc) is 2.30. The van der Waals surface area contributed by atoms with Gasteiger partial charge in [0.1, 0.15) is 0 Å². The molecule has 0 spiro atoms. The molecule has 0 fully saturated rings. The molecule has 1 heterocycles. The Kier molecular flexibility index (Phi) is 2.56. The third-order valence-corrected chi connectivity index (χ3v) is 2.65. The summed E-state index contributed by atoms with van der Waals surface area (Å²) in [7, 11) is 3.17. The van der Waals surface area contributed by atoms with Gasteiger partial charge in [0.2, 0.25) is 0 Å². The number of methoxy groups -OCH3 is 2. The molecule has 0 aliphatic heterocycles. The lowest BCUT2D eigenvalue weighted by Gasteiger charge is -2.13. The average molecular weight is 218 g/mol. The smallest absolute Gasteiger partial charge is 0.184 e. The summed E-state index contributed by atoms with van der Waals surface area (Å²) in [6.07, 6.45) is 1.74. The van der Waals surface area contributed by atoms with Gasteiger partial charge in [-0.05, 0) is 19.1 Å². The Morgan fingerprint density at radius 3 is 2.56 bits per heavy atom. The Balaban J connectivity index is 2.87. The highest BCUT2D eigenvalue weighted by molar-refractivity contribution is 5.98. The van der Waals surface area contributed by atoms with Crippen LogP contribution in [0, 0.1) is 6.92 Å². The van der Waals surface area contributed by atoms with Crippen molar-refractivity contribution in [2.45, 2.75) is 6.92 Å². The van der Waals surface area contributed by atoms with Crippen molar-refractivity contribution in [3.05, 3.63) is 24.0 Å². The molecule has 0 radical (unpaired) electrons. The molecule has 0 saturated carbocycles. The van der Waals surface area contributed by atoms with E-state index in [1.807, 2.05) is 19.1 Å². The van der Waals surface area contributed by atoms with E-state index < -0.39 is 0 Å². The van der Waals surface area contributed by atoms with Crippen LogP contribution in [0.5, 0.6) is 11.5 Å². The van der Waals surface area contributed by atoms with Crippen molar-refractivity contribution < 1.29 is 9.47 Å². The van der Waals surface area contributed by atoms with E-state index in [4.69, 9.17) is 15.2 Å². The first kappa shape index (κ1) is 10.5. The molecule has 0 amide bonds. The molecular weight excluding hydrogens is 204 g/mol. The molecule has 0 unspecified atom stereocenters. The van der Waals surface area contributed by atoms with Gasteiger partial charge in [0.15, 0.2) is 11.5 Å². The number of rotatable bonds is 2. The highest BCUT2D eigenvalue weighted by Crippen LogP contribution is 2.39. The molecule has 2 aromatic rings. The van der Waals surface area contributed by atoms with Crippen LogP contribution in [0.25, 0.3) is 10.8 Å². The molecule has 1 aromatic carbocycles. The molecule has 2 rings (SSSR count). The summed E-state index contributed by atoms with van der Waals surface area (Å²) in [5.74, 6) is 1.20. The van der Waals surface area contributed by atoms with Crippen LogP contribution in [0.3, 0.4) is 0 Å². The fourth-order valence-corrected chi connectivity index (χ4v) is 1.81. The molecule has 4 heteroatoms. The third-order valence-electron chi connectivity index (χ3n) is 2.65. The van der Waals surface area contributed by atoms with E-state index >= 15 is 0 Å². The van der Waals surface area contributed by atoms with Gasteiger partial charge in [0.25, 0.3) is 0 Å². The zero-order valence-electron chi connectivity index (χ0n) is 9.57. The number of benzene rings is 1. The maximum atomic E-state index is 6.04. The Bertz CT molecular complexity index is 538. The van der Waals surface area contributed by atoms with Crippen LogP contribution >= 0.6 is 0 Å². The van der Waals surface area contributed by atoms with E-state index in [-0.39, 0.29) is 0 Å². The Morgan fingerprint density at radius 2 is 1.94 bits per heavy atom. The monoisotopic (exact) mass is 218 g/mol. The van der Waals surface area contributed by atoms with Gasteiger partial charge in [-0.15, -0.1) is 0 Å². The summed E-state index contributed by atoms with van der Waals surface area (Å²) in [4.78, 5) is 4.23. The Hall–Kier alpha value is -1.97. The molecule has 0 bridgehead atoms.